The Morgan fingerprint density at radius 3 is 2.31 bits per heavy atom. The van der Waals surface area contributed by atoms with Crippen LogP contribution in [0.1, 0.15) is 15.9 Å². The Balaban J connectivity index is 1.68. The van der Waals surface area contributed by atoms with E-state index in [0.29, 0.717) is 11.2 Å². The quantitative estimate of drug-likeness (QED) is 0.497. The molecule has 0 aliphatic carbocycles. The van der Waals surface area contributed by atoms with Crippen molar-refractivity contribution in [3.8, 4) is 0 Å². The van der Waals surface area contributed by atoms with Gasteiger partial charge in [-0.1, -0.05) is 60.7 Å². The Hall–Kier alpha value is -3.93. The summed E-state index contributed by atoms with van der Waals surface area (Å²) in [6.45, 7) is 0. The van der Waals surface area contributed by atoms with Gasteiger partial charge in [0, 0.05) is 17.2 Å². The lowest BCUT2D eigenvalue weighted by Gasteiger charge is -2.16. The standard InChI is InChI=1S/C23H18N2O4/c24-22(27)20(26)18(13-14-7-2-1-3-8-14)25-23(28)17-11-6-10-16-15-9-4-5-12-19(15)29-21(16)17/h1-12,18H,13H2,(H2,24,27)(H,25,28). The van der Waals surface area contributed by atoms with Gasteiger partial charge < -0.3 is 15.5 Å². The van der Waals surface area contributed by atoms with E-state index in [0.717, 1.165) is 16.3 Å². The zero-order valence-electron chi connectivity index (χ0n) is 15.4. The number of amides is 2. The SMILES string of the molecule is NC(=O)C(=O)C(Cc1ccccc1)NC(=O)c1cccc2c1oc1ccccc12. The number of hydrogen-bond donors (Lipinski definition) is 2. The molecule has 0 bridgehead atoms. The van der Waals surface area contributed by atoms with Crippen molar-refractivity contribution in [2.24, 2.45) is 5.73 Å². The summed E-state index contributed by atoms with van der Waals surface area (Å²) >= 11 is 0. The number of fused-ring (bicyclic) bond motifs is 3. The van der Waals surface area contributed by atoms with Crippen LogP contribution in [-0.2, 0) is 16.0 Å². The molecule has 1 unspecified atom stereocenters. The summed E-state index contributed by atoms with van der Waals surface area (Å²) in [5.74, 6) is -2.45. The van der Waals surface area contributed by atoms with E-state index in [4.69, 9.17) is 10.2 Å². The van der Waals surface area contributed by atoms with Crippen LogP contribution in [0.15, 0.2) is 77.2 Å². The number of furan rings is 1. The van der Waals surface area contributed by atoms with Crippen LogP contribution in [0.3, 0.4) is 0 Å². The van der Waals surface area contributed by atoms with E-state index in [1.54, 1.807) is 12.1 Å². The van der Waals surface area contributed by atoms with Crippen molar-refractivity contribution in [1.29, 1.82) is 0 Å². The number of benzene rings is 3. The van der Waals surface area contributed by atoms with Gasteiger partial charge in [0.05, 0.1) is 5.56 Å². The third-order valence-electron chi connectivity index (χ3n) is 4.80. The zero-order valence-corrected chi connectivity index (χ0v) is 15.4. The van der Waals surface area contributed by atoms with Crippen LogP contribution >= 0.6 is 0 Å². The molecule has 29 heavy (non-hydrogen) atoms. The molecule has 0 aliphatic rings. The number of hydrogen-bond acceptors (Lipinski definition) is 4. The molecule has 144 valence electrons. The average molecular weight is 386 g/mol. The molecule has 3 N–H and O–H groups in total. The van der Waals surface area contributed by atoms with Crippen molar-refractivity contribution in [1.82, 2.24) is 5.32 Å². The third-order valence-corrected chi connectivity index (χ3v) is 4.80. The Bertz CT molecular complexity index is 1230. The molecule has 1 heterocycles. The second-order valence-corrected chi connectivity index (χ2v) is 6.72. The number of nitrogens with one attached hydrogen (secondary N) is 1. The first-order chi connectivity index (χ1) is 14.0. The van der Waals surface area contributed by atoms with Gasteiger partial charge in [0.25, 0.3) is 11.8 Å². The van der Waals surface area contributed by atoms with E-state index in [9.17, 15) is 14.4 Å². The number of ketones is 1. The summed E-state index contributed by atoms with van der Waals surface area (Å²) < 4.78 is 5.88. The summed E-state index contributed by atoms with van der Waals surface area (Å²) in [6.07, 6.45) is 0.157. The van der Waals surface area contributed by atoms with Crippen molar-refractivity contribution in [3.63, 3.8) is 0 Å². The number of para-hydroxylation sites is 2. The molecule has 6 heteroatoms. The van der Waals surface area contributed by atoms with Gasteiger partial charge >= 0.3 is 0 Å². The van der Waals surface area contributed by atoms with Crippen LogP contribution < -0.4 is 11.1 Å². The first-order valence-electron chi connectivity index (χ1n) is 9.13. The molecular formula is C23H18N2O4. The molecule has 0 radical (unpaired) electrons. The number of carbonyl (C=O) groups excluding carboxylic acids is 3. The van der Waals surface area contributed by atoms with Crippen molar-refractivity contribution >= 4 is 39.5 Å². The first-order valence-corrected chi connectivity index (χ1v) is 9.13. The van der Waals surface area contributed by atoms with E-state index in [1.807, 2.05) is 60.7 Å². The molecule has 0 saturated heterocycles. The van der Waals surface area contributed by atoms with Crippen molar-refractivity contribution in [2.45, 2.75) is 12.5 Å². The minimum Gasteiger partial charge on any atom is -0.455 e. The number of nitrogens with two attached hydrogens (primary N) is 1. The van der Waals surface area contributed by atoms with Gasteiger partial charge in [-0.05, 0) is 17.7 Å². The fourth-order valence-corrected chi connectivity index (χ4v) is 3.39. The lowest BCUT2D eigenvalue weighted by molar-refractivity contribution is -0.137. The predicted molar refractivity (Wildman–Crippen MR) is 109 cm³/mol. The molecule has 0 fully saturated rings. The molecule has 0 aliphatic heterocycles. The molecule has 3 aromatic carbocycles. The topological polar surface area (TPSA) is 102 Å². The fraction of sp³-hybridized carbons (Fsp3) is 0.0870. The highest BCUT2D eigenvalue weighted by Crippen LogP contribution is 2.30. The Labute approximate surface area is 166 Å². The fourth-order valence-electron chi connectivity index (χ4n) is 3.39. The Kier molecular flexibility index (Phi) is 4.83. The smallest absolute Gasteiger partial charge is 0.287 e. The van der Waals surface area contributed by atoms with Gasteiger partial charge in [0.1, 0.15) is 17.2 Å². The van der Waals surface area contributed by atoms with Gasteiger partial charge in [-0.3, -0.25) is 14.4 Å². The second-order valence-electron chi connectivity index (χ2n) is 6.72. The van der Waals surface area contributed by atoms with Gasteiger partial charge in [-0.2, -0.15) is 0 Å². The summed E-state index contributed by atoms with van der Waals surface area (Å²) in [5, 5.41) is 4.34. The highest BCUT2D eigenvalue weighted by Gasteiger charge is 2.27. The summed E-state index contributed by atoms with van der Waals surface area (Å²) in [6, 6.07) is 20.8. The predicted octanol–water partition coefficient (Wildman–Crippen LogP) is 2.98. The molecule has 4 rings (SSSR count). The molecule has 6 nitrogen and oxygen atoms in total. The van der Waals surface area contributed by atoms with Crippen LogP contribution in [0.5, 0.6) is 0 Å². The van der Waals surface area contributed by atoms with Crippen LogP contribution in [0, 0.1) is 0 Å². The summed E-state index contributed by atoms with van der Waals surface area (Å²) in [5.41, 5.74) is 7.37. The van der Waals surface area contributed by atoms with Crippen LogP contribution in [-0.4, -0.2) is 23.6 Å². The minimum absolute atomic E-state index is 0.157. The number of Topliss-reactive ketones (excluding diaryl/α,β-unsaturated/α-hetero) is 1. The lowest BCUT2D eigenvalue weighted by atomic mass is 10.0. The lowest BCUT2D eigenvalue weighted by Crippen LogP contribution is -2.47. The normalized spacial score (nSPS) is 12.0. The maximum absolute atomic E-state index is 13.0. The number of primary amides is 1. The van der Waals surface area contributed by atoms with E-state index in [1.165, 1.54) is 0 Å². The highest BCUT2D eigenvalue weighted by atomic mass is 16.3. The van der Waals surface area contributed by atoms with Crippen molar-refractivity contribution in [2.75, 3.05) is 0 Å². The minimum atomic E-state index is -1.09. The van der Waals surface area contributed by atoms with E-state index in [2.05, 4.69) is 5.32 Å². The second kappa shape index (κ2) is 7.59. The van der Waals surface area contributed by atoms with Gasteiger partial charge in [0.15, 0.2) is 0 Å². The van der Waals surface area contributed by atoms with E-state index < -0.39 is 23.6 Å². The average Bonchev–Trinajstić information content (AvgIpc) is 3.12. The van der Waals surface area contributed by atoms with Gasteiger partial charge in [-0.25, -0.2) is 0 Å². The Morgan fingerprint density at radius 1 is 0.862 bits per heavy atom. The summed E-state index contributed by atoms with van der Waals surface area (Å²) in [4.78, 5) is 36.8. The van der Waals surface area contributed by atoms with Crippen LogP contribution in [0.4, 0.5) is 0 Å². The summed E-state index contributed by atoms with van der Waals surface area (Å²) in [7, 11) is 0. The third kappa shape index (κ3) is 3.60. The molecule has 0 saturated carbocycles. The van der Waals surface area contributed by atoms with E-state index >= 15 is 0 Å². The first kappa shape index (κ1) is 18.4. The maximum atomic E-state index is 13.0. The van der Waals surface area contributed by atoms with Gasteiger partial charge in [-0.15, -0.1) is 0 Å². The van der Waals surface area contributed by atoms with Crippen molar-refractivity contribution < 1.29 is 18.8 Å². The molecule has 0 spiro atoms. The molecular weight excluding hydrogens is 368 g/mol. The highest BCUT2D eigenvalue weighted by molar-refractivity contribution is 6.38. The van der Waals surface area contributed by atoms with Crippen LogP contribution in [0.2, 0.25) is 0 Å². The maximum Gasteiger partial charge on any atom is 0.287 e. The van der Waals surface area contributed by atoms with Crippen LogP contribution in [0.25, 0.3) is 21.9 Å². The molecule has 1 atom stereocenters. The zero-order chi connectivity index (χ0) is 20.4. The number of rotatable bonds is 6. The number of carbonyl (C=O) groups is 3. The molecule has 2 amide bonds. The van der Waals surface area contributed by atoms with Crippen molar-refractivity contribution in [3.05, 3.63) is 83.9 Å². The molecule has 4 aromatic rings. The Morgan fingerprint density at radius 2 is 1.55 bits per heavy atom. The monoisotopic (exact) mass is 386 g/mol. The molecule has 1 aromatic heterocycles. The van der Waals surface area contributed by atoms with Gasteiger partial charge in [0.2, 0.25) is 5.78 Å². The largest absolute Gasteiger partial charge is 0.455 e. The van der Waals surface area contributed by atoms with E-state index in [-0.39, 0.29) is 12.0 Å².